The van der Waals surface area contributed by atoms with Crippen LogP contribution in [0.25, 0.3) is 27.5 Å². The van der Waals surface area contributed by atoms with Gasteiger partial charge in [-0.05, 0) is 48.4 Å². The van der Waals surface area contributed by atoms with Gasteiger partial charge in [0.2, 0.25) is 10.0 Å². The van der Waals surface area contributed by atoms with Crippen LogP contribution in [0.2, 0.25) is 5.02 Å². The van der Waals surface area contributed by atoms with Crippen LogP contribution in [0, 0.1) is 17.5 Å². The molecule has 0 radical (unpaired) electrons. The fourth-order valence-electron chi connectivity index (χ4n) is 4.72. The summed E-state index contributed by atoms with van der Waals surface area (Å²) in [6, 6.07) is 7.22. The third-order valence-corrected chi connectivity index (χ3v) is 7.22. The zero-order chi connectivity index (χ0) is 29.8. The van der Waals surface area contributed by atoms with Crippen molar-refractivity contribution in [3.63, 3.8) is 0 Å². The number of methoxy groups -OCH3 is 1. The molecule has 0 bridgehead atoms. The maximum Gasteiger partial charge on any atom is 0.266 e. The molecule has 0 amide bonds. The van der Waals surface area contributed by atoms with Crippen LogP contribution in [0.5, 0.6) is 5.75 Å². The number of aromatic nitrogens is 4. The van der Waals surface area contributed by atoms with Gasteiger partial charge >= 0.3 is 0 Å². The molecule has 0 fully saturated rings. The van der Waals surface area contributed by atoms with E-state index in [-0.39, 0.29) is 61.9 Å². The number of hydrogen-bond donors (Lipinski definition) is 2. The van der Waals surface area contributed by atoms with E-state index in [1.54, 1.807) is 0 Å². The van der Waals surface area contributed by atoms with Crippen molar-refractivity contribution in [2.45, 2.75) is 12.5 Å². The second-order valence-corrected chi connectivity index (χ2v) is 11.5. The average Bonchev–Trinajstić information content (AvgIpc) is 3.19. The molecule has 0 aliphatic heterocycles. The maximum atomic E-state index is 15.3. The molecule has 0 spiro atoms. The zero-order valence-corrected chi connectivity index (χ0v) is 23.3. The number of nitrogens with one attached hydrogen (secondary N) is 1. The lowest BCUT2D eigenvalue weighted by molar-refractivity contribution is 0.388. The second kappa shape index (κ2) is 10.4. The van der Waals surface area contributed by atoms with Crippen molar-refractivity contribution >= 4 is 49.2 Å². The number of halogens is 4. The van der Waals surface area contributed by atoms with E-state index in [0.29, 0.717) is 6.07 Å². The van der Waals surface area contributed by atoms with Crippen molar-refractivity contribution in [1.29, 1.82) is 0 Å². The molecule has 5 aromatic rings. The smallest absolute Gasteiger partial charge is 0.266 e. The highest BCUT2D eigenvalue weighted by Gasteiger charge is 2.26. The summed E-state index contributed by atoms with van der Waals surface area (Å²) in [4.78, 5) is 18.4. The predicted octanol–water partition coefficient (Wildman–Crippen LogP) is 3.97. The molecule has 0 aliphatic carbocycles. The zero-order valence-electron chi connectivity index (χ0n) is 21.7. The third-order valence-electron chi connectivity index (χ3n) is 6.34. The Labute approximate surface area is 236 Å². The summed E-state index contributed by atoms with van der Waals surface area (Å²) < 4.78 is 76.9. The molecule has 5 rings (SSSR count). The molecule has 0 aliphatic rings. The number of nitrogens with zero attached hydrogens (tertiary/aromatic N) is 4. The fraction of sp³-hybridized carbons (Fsp3) is 0.192. The molecule has 1 unspecified atom stereocenters. The molecular formula is C26H22ClF3N6O4S. The van der Waals surface area contributed by atoms with Gasteiger partial charge in [-0.25, -0.2) is 26.6 Å². The van der Waals surface area contributed by atoms with Crippen LogP contribution < -0.4 is 20.8 Å². The van der Waals surface area contributed by atoms with E-state index in [0.717, 1.165) is 23.0 Å². The number of fused-ring (bicyclic) bond motifs is 2. The van der Waals surface area contributed by atoms with Gasteiger partial charge in [0.15, 0.2) is 17.4 Å². The fourth-order valence-corrected chi connectivity index (χ4v) is 5.45. The minimum Gasteiger partial charge on any atom is -0.494 e. The van der Waals surface area contributed by atoms with E-state index in [1.807, 2.05) is 0 Å². The first-order valence-corrected chi connectivity index (χ1v) is 14.2. The van der Waals surface area contributed by atoms with Gasteiger partial charge in [-0.1, -0.05) is 11.6 Å². The number of rotatable bonds is 7. The summed E-state index contributed by atoms with van der Waals surface area (Å²) >= 11 is 6.44. The lowest BCUT2D eigenvalue weighted by Gasteiger charge is -2.20. The lowest BCUT2D eigenvalue weighted by atomic mass is 10.0. The van der Waals surface area contributed by atoms with Gasteiger partial charge in [0.25, 0.3) is 5.56 Å². The molecule has 41 heavy (non-hydrogen) atoms. The minimum atomic E-state index is -3.76. The average molecular weight is 607 g/mol. The molecule has 0 saturated carbocycles. The van der Waals surface area contributed by atoms with E-state index in [9.17, 15) is 22.0 Å². The first-order valence-electron chi connectivity index (χ1n) is 11.9. The summed E-state index contributed by atoms with van der Waals surface area (Å²) in [7, 11) is -0.997. The maximum absolute atomic E-state index is 15.3. The third kappa shape index (κ3) is 5.21. The SMILES string of the molecule is COc1ccc2c(=O)n(-c3ccc(Cl)c4c(NS(C)(=O)=O)nn(C)c34)c(C(N)Cc3cc(F)cc(F)c3)nc2c1F. The first kappa shape index (κ1) is 28.4. The molecule has 15 heteroatoms. The molecule has 2 aromatic heterocycles. The van der Waals surface area contributed by atoms with E-state index >= 15 is 4.39 Å². The number of aryl methyl sites for hydroxylation is 1. The number of benzene rings is 3. The Hall–Kier alpha value is -4.14. The van der Waals surface area contributed by atoms with E-state index in [4.69, 9.17) is 22.1 Å². The van der Waals surface area contributed by atoms with Crippen LogP contribution in [0.3, 0.4) is 0 Å². The van der Waals surface area contributed by atoms with E-state index in [2.05, 4.69) is 14.8 Å². The topological polar surface area (TPSA) is 134 Å². The van der Waals surface area contributed by atoms with Gasteiger partial charge in [0, 0.05) is 13.1 Å². The van der Waals surface area contributed by atoms with Crippen LogP contribution in [-0.2, 0) is 23.5 Å². The highest BCUT2D eigenvalue weighted by atomic mass is 35.5. The molecule has 10 nitrogen and oxygen atoms in total. The standard InChI is InChI=1S/C26H22ClF3N6O4S/c1-35-23-18(6-5-16(27)20(23)24(33-35)34-41(3,38)39)36-25(17(31)10-12-8-13(28)11-14(29)9-12)32-22-15(26(36)37)4-7-19(40-2)21(22)30/h4-9,11,17H,10,31H2,1-3H3,(H,33,34). The number of sulfonamides is 1. The Bertz CT molecular complexity index is 2010. The van der Waals surface area contributed by atoms with Crippen molar-refractivity contribution in [2.24, 2.45) is 12.8 Å². The summed E-state index contributed by atoms with van der Waals surface area (Å²) in [5.41, 5.74) is 5.98. The van der Waals surface area contributed by atoms with Gasteiger partial charge < -0.3 is 10.5 Å². The molecule has 214 valence electrons. The number of ether oxygens (including phenoxy) is 1. The largest absolute Gasteiger partial charge is 0.494 e. The number of nitrogens with two attached hydrogens (primary N) is 1. The van der Waals surface area contributed by atoms with Crippen LogP contribution in [0.4, 0.5) is 19.0 Å². The summed E-state index contributed by atoms with van der Waals surface area (Å²) in [6.45, 7) is 0. The van der Waals surface area contributed by atoms with Gasteiger partial charge in [-0.15, -0.1) is 0 Å². The Balaban J connectivity index is 1.84. The number of anilines is 1. The van der Waals surface area contributed by atoms with Crippen molar-refractivity contribution in [3.8, 4) is 11.4 Å². The predicted molar refractivity (Wildman–Crippen MR) is 149 cm³/mol. The number of hydrogen-bond acceptors (Lipinski definition) is 7. The van der Waals surface area contributed by atoms with Crippen LogP contribution >= 0.6 is 11.6 Å². The van der Waals surface area contributed by atoms with Crippen LogP contribution in [0.1, 0.15) is 17.4 Å². The van der Waals surface area contributed by atoms with Crippen LogP contribution in [0.15, 0.2) is 47.3 Å². The van der Waals surface area contributed by atoms with E-state index < -0.39 is 39.1 Å². The van der Waals surface area contributed by atoms with Crippen molar-refractivity contribution in [2.75, 3.05) is 18.1 Å². The van der Waals surface area contributed by atoms with Crippen molar-refractivity contribution < 1.29 is 26.3 Å². The van der Waals surface area contributed by atoms with Crippen molar-refractivity contribution in [1.82, 2.24) is 19.3 Å². The summed E-state index contributed by atoms with van der Waals surface area (Å²) in [5.74, 6) is -2.96. The summed E-state index contributed by atoms with van der Waals surface area (Å²) in [6.07, 6.45) is 0.763. The van der Waals surface area contributed by atoms with Gasteiger partial charge in [-0.2, -0.15) is 5.10 Å². The summed E-state index contributed by atoms with van der Waals surface area (Å²) in [5, 5.41) is 4.42. The van der Waals surface area contributed by atoms with Crippen LogP contribution in [-0.4, -0.2) is 41.1 Å². The Morgan fingerprint density at radius 2 is 1.80 bits per heavy atom. The molecule has 0 saturated heterocycles. The Morgan fingerprint density at radius 3 is 2.44 bits per heavy atom. The highest BCUT2D eigenvalue weighted by Crippen LogP contribution is 2.35. The van der Waals surface area contributed by atoms with E-state index in [1.165, 1.54) is 43.1 Å². The normalized spacial score (nSPS) is 12.7. The molecule has 3 aromatic carbocycles. The first-order chi connectivity index (χ1) is 19.3. The second-order valence-electron chi connectivity index (χ2n) is 9.31. The minimum absolute atomic E-state index is 0.0875. The van der Waals surface area contributed by atoms with Gasteiger partial charge in [-0.3, -0.25) is 18.8 Å². The lowest BCUT2D eigenvalue weighted by Crippen LogP contribution is -2.30. The molecular weight excluding hydrogens is 585 g/mol. The highest BCUT2D eigenvalue weighted by molar-refractivity contribution is 7.92. The quantitative estimate of drug-likeness (QED) is 0.286. The van der Waals surface area contributed by atoms with Crippen molar-refractivity contribution in [3.05, 3.63) is 86.7 Å². The van der Waals surface area contributed by atoms with Gasteiger partial charge in [0.05, 0.1) is 46.4 Å². The molecule has 3 N–H and O–H groups in total. The Morgan fingerprint density at radius 1 is 1.12 bits per heavy atom. The molecule has 2 heterocycles. The Kier molecular flexibility index (Phi) is 7.17. The van der Waals surface area contributed by atoms with Gasteiger partial charge in [0.1, 0.15) is 23.0 Å². The molecule has 1 atom stereocenters. The monoisotopic (exact) mass is 606 g/mol.